The van der Waals surface area contributed by atoms with Gasteiger partial charge in [-0.2, -0.15) is 5.26 Å². The Hall–Kier alpha value is -3.40. The van der Waals surface area contributed by atoms with Crippen molar-refractivity contribution >= 4 is 45.9 Å². The predicted molar refractivity (Wildman–Crippen MR) is 124 cm³/mol. The highest BCUT2D eigenvalue weighted by atomic mass is 35.5. The van der Waals surface area contributed by atoms with Crippen LogP contribution in [0.4, 0.5) is 5.00 Å². The van der Waals surface area contributed by atoms with Gasteiger partial charge in [0.05, 0.1) is 6.61 Å². The summed E-state index contributed by atoms with van der Waals surface area (Å²) < 4.78 is 5.24. The zero-order valence-corrected chi connectivity index (χ0v) is 18.5. The minimum absolute atomic E-state index is 0.0693. The molecule has 31 heavy (non-hydrogen) atoms. The number of rotatable bonds is 6. The van der Waals surface area contributed by atoms with Gasteiger partial charge in [-0.15, -0.1) is 11.3 Å². The number of halogens is 1. The molecule has 1 N–H and O–H groups in total. The first kappa shape index (κ1) is 22.3. The molecule has 7 heteroatoms. The summed E-state index contributed by atoms with van der Waals surface area (Å²) in [5, 5.41) is 13.1. The number of carbonyl (C=O) groups is 2. The number of hydrogen-bond acceptors (Lipinski definition) is 5. The number of aryl methyl sites for hydroxylation is 1. The number of hydrogen-bond donors (Lipinski definition) is 1. The standard InChI is InChI=1S/C24H19ClN2O3S/c1-3-30-24(29)21-20(17-9-11-19(25)12-10-17)15(2)31-23(21)27-22(28)18(14-26)13-16-7-5-4-6-8-16/h4-13H,3H2,1-2H3,(H,27,28). The summed E-state index contributed by atoms with van der Waals surface area (Å²) in [6.07, 6.45) is 1.50. The lowest BCUT2D eigenvalue weighted by Gasteiger charge is -2.09. The summed E-state index contributed by atoms with van der Waals surface area (Å²) >= 11 is 7.25. The summed E-state index contributed by atoms with van der Waals surface area (Å²) in [6, 6.07) is 18.1. The number of thiophene rings is 1. The van der Waals surface area contributed by atoms with Crippen molar-refractivity contribution in [2.24, 2.45) is 0 Å². The summed E-state index contributed by atoms with van der Waals surface area (Å²) in [5.41, 5.74) is 2.36. The zero-order chi connectivity index (χ0) is 22.4. The Morgan fingerprint density at radius 3 is 2.45 bits per heavy atom. The number of nitriles is 1. The molecule has 1 heterocycles. The molecular weight excluding hydrogens is 432 g/mol. The topological polar surface area (TPSA) is 79.2 Å². The average molecular weight is 451 g/mol. The minimum Gasteiger partial charge on any atom is -0.462 e. The molecule has 2 aromatic carbocycles. The van der Waals surface area contributed by atoms with Crippen LogP contribution in [0.5, 0.6) is 0 Å². The lowest BCUT2D eigenvalue weighted by molar-refractivity contribution is -0.112. The van der Waals surface area contributed by atoms with Crippen LogP contribution in [0.15, 0.2) is 60.2 Å². The van der Waals surface area contributed by atoms with E-state index in [0.717, 1.165) is 16.0 Å². The smallest absolute Gasteiger partial charge is 0.341 e. The number of amides is 1. The number of benzene rings is 2. The third-order valence-corrected chi connectivity index (χ3v) is 5.67. The summed E-state index contributed by atoms with van der Waals surface area (Å²) in [6.45, 7) is 3.77. The van der Waals surface area contributed by atoms with Gasteiger partial charge in [0.25, 0.3) is 5.91 Å². The van der Waals surface area contributed by atoms with Crippen LogP contribution in [-0.2, 0) is 9.53 Å². The molecule has 0 fully saturated rings. The van der Waals surface area contributed by atoms with Crippen LogP contribution >= 0.6 is 22.9 Å². The number of anilines is 1. The van der Waals surface area contributed by atoms with E-state index in [0.29, 0.717) is 15.6 Å². The number of esters is 1. The lowest BCUT2D eigenvalue weighted by atomic mass is 10.0. The van der Waals surface area contributed by atoms with Crippen molar-refractivity contribution in [2.45, 2.75) is 13.8 Å². The van der Waals surface area contributed by atoms with Gasteiger partial charge in [0.15, 0.2) is 0 Å². The van der Waals surface area contributed by atoms with E-state index in [1.807, 2.05) is 43.3 Å². The quantitative estimate of drug-likeness (QED) is 0.279. The Bertz CT molecular complexity index is 1180. The maximum Gasteiger partial charge on any atom is 0.341 e. The van der Waals surface area contributed by atoms with Crippen LogP contribution in [0.1, 0.15) is 27.7 Å². The van der Waals surface area contributed by atoms with Crippen molar-refractivity contribution in [3.05, 3.63) is 81.2 Å². The van der Waals surface area contributed by atoms with E-state index < -0.39 is 11.9 Å². The molecular formula is C24H19ClN2O3S. The molecule has 0 aliphatic carbocycles. The largest absolute Gasteiger partial charge is 0.462 e. The third-order valence-electron chi connectivity index (χ3n) is 4.40. The fourth-order valence-electron chi connectivity index (χ4n) is 3.03. The van der Waals surface area contributed by atoms with Crippen LogP contribution in [0, 0.1) is 18.3 Å². The molecule has 0 atom stereocenters. The Kier molecular flexibility index (Phi) is 7.24. The molecule has 0 unspecified atom stereocenters. The van der Waals surface area contributed by atoms with Gasteiger partial charge in [0.2, 0.25) is 0 Å². The fourth-order valence-corrected chi connectivity index (χ4v) is 4.22. The molecule has 1 amide bonds. The molecule has 0 saturated carbocycles. The molecule has 156 valence electrons. The van der Waals surface area contributed by atoms with E-state index in [1.165, 1.54) is 17.4 Å². The maximum atomic E-state index is 12.8. The minimum atomic E-state index is -0.596. The molecule has 3 aromatic rings. The van der Waals surface area contributed by atoms with Gasteiger partial charge in [-0.25, -0.2) is 4.79 Å². The van der Waals surface area contributed by atoms with Gasteiger partial charge in [0.1, 0.15) is 22.2 Å². The van der Waals surface area contributed by atoms with Crippen molar-refractivity contribution < 1.29 is 14.3 Å². The second kappa shape index (κ2) is 10.1. The fraction of sp³-hybridized carbons (Fsp3) is 0.125. The van der Waals surface area contributed by atoms with Gasteiger partial charge >= 0.3 is 5.97 Å². The van der Waals surface area contributed by atoms with Crippen LogP contribution in [0.2, 0.25) is 5.02 Å². The van der Waals surface area contributed by atoms with Crippen molar-refractivity contribution in [3.8, 4) is 17.2 Å². The molecule has 5 nitrogen and oxygen atoms in total. The van der Waals surface area contributed by atoms with Crippen molar-refractivity contribution in [2.75, 3.05) is 11.9 Å². The second-order valence-electron chi connectivity index (χ2n) is 6.50. The third kappa shape index (κ3) is 5.21. The SMILES string of the molecule is CCOC(=O)c1c(NC(=O)C(C#N)=Cc2ccccc2)sc(C)c1-c1ccc(Cl)cc1. The lowest BCUT2D eigenvalue weighted by Crippen LogP contribution is -2.16. The highest BCUT2D eigenvalue weighted by Crippen LogP contribution is 2.40. The normalized spacial score (nSPS) is 11.0. The zero-order valence-electron chi connectivity index (χ0n) is 16.9. The number of ether oxygens (including phenoxy) is 1. The monoisotopic (exact) mass is 450 g/mol. The summed E-state index contributed by atoms with van der Waals surface area (Å²) in [4.78, 5) is 26.4. The molecule has 0 spiro atoms. The van der Waals surface area contributed by atoms with Gasteiger partial charge in [-0.05, 0) is 43.2 Å². The molecule has 0 saturated heterocycles. The predicted octanol–water partition coefficient (Wildman–Crippen LogP) is 6.10. The van der Waals surface area contributed by atoms with Gasteiger partial charge in [0, 0.05) is 15.5 Å². The van der Waals surface area contributed by atoms with E-state index in [9.17, 15) is 14.9 Å². The van der Waals surface area contributed by atoms with E-state index in [-0.39, 0.29) is 17.7 Å². The number of carbonyl (C=O) groups excluding carboxylic acids is 2. The van der Waals surface area contributed by atoms with E-state index in [1.54, 1.807) is 31.2 Å². The molecule has 0 radical (unpaired) electrons. The highest BCUT2D eigenvalue weighted by molar-refractivity contribution is 7.17. The van der Waals surface area contributed by atoms with Crippen molar-refractivity contribution in [3.63, 3.8) is 0 Å². The maximum absolute atomic E-state index is 12.8. The van der Waals surface area contributed by atoms with E-state index in [2.05, 4.69) is 5.32 Å². The van der Waals surface area contributed by atoms with Gasteiger partial charge in [-0.1, -0.05) is 54.1 Å². The Labute approximate surface area is 189 Å². The van der Waals surface area contributed by atoms with Crippen molar-refractivity contribution in [1.82, 2.24) is 0 Å². The summed E-state index contributed by atoms with van der Waals surface area (Å²) in [5.74, 6) is -1.14. The Morgan fingerprint density at radius 2 is 1.84 bits per heavy atom. The molecule has 0 aliphatic heterocycles. The van der Waals surface area contributed by atoms with Crippen LogP contribution in [-0.4, -0.2) is 18.5 Å². The van der Waals surface area contributed by atoms with E-state index >= 15 is 0 Å². The first-order chi connectivity index (χ1) is 14.9. The van der Waals surface area contributed by atoms with Gasteiger partial charge in [-0.3, -0.25) is 4.79 Å². The molecule has 1 aromatic heterocycles. The van der Waals surface area contributed by atoms with Crippen LogP contribution in [0.3, 0.4) is 0 Å². The van der Waals surface area contributed by atoms with Crippen LogP contribution in [0.25, 0.3) is 17.2 Å². The van der Waals surface area contributed by atoms with Crippen LogP contribution < -0.4 is 5.32 Å². The first-order valence-corrected chi connectivity index (χ1v) is 10.7. The molecule has 3 rings (SSSR count). The Balaban J connectivity index is 2.02. The summed E-state index contributed by atoms with van der Waals surface area (Å²) in [7, 11) is 0. The molecule has 0 aliphatic rings. The van der Waals surface area contributed by atoms with E-state index in [4.69, 9.17) is 16.3 Å². The second-order valence-corrected chi connectivity index (χ2v) is 8.16. The Morgan fingerprint density at radius 1 is 1.16 bits per heavy atom. The number of nitrogens with one attached hydrogen (secondary N) is 1. The molecule has 0 bridgehead atoms. The van der Waals surface area contributed by atoms with Crippen molar-refractivity contribution in [1.29, 1.82) is 5.26 Å². The number of nitrogens with zero attached hydrogens (tertiary/aromatic N) is 1. The average Bonchev–Trinajstić information content (AvgIpc) is 3.09. The van der Waals surface area contributed by atoms with Gasteiger partial charge < -0.3 is 10.1 Å². The first-order valence-electron chi connectivity index (χ1n) is 9.49. The highest BCUT2D eigenvalue weighted by Gasteiger charge is 2.26.